The molecule has 1 aliphatic heterocycles. The van der Waals surface area contributed by atoms with Crippen molar-refractivity contribution in [3.05, 3.63) is 88.0 Å². The SMILES string of the molecule is Cc1ccc(N2C(=O)CSC2c2cccc(NS(=O)(=O)c3c(C)cc(C)cc3C)c2)c(C)c1. The molecule has 0 aliphatic carbocycles. The van der Waals surface area contributed by atoms with Gasteiger partial charge in [0.1, 0.15) is 5.37 Å². The quantitative estimate of drug-likeness (QED) is 0.501. The Morgan fingerprint density at radius 3 is 2.21 bits per heavy atom. The van der Waals surface area contributed by atoms with Crippen molar-refractivity contribution < 1.29 is 13.2 Å². The number of hydrogen-bond acceptors (Lipinski definition) is 4. The van der Waals surface area contributed by atoms with Crippen LogP contribution < -0.4 is 9.62 Å². The number of sulfonamides is 1. The van der Waals surface area contributed by atoms with E-state index in [2.05, 4.69) is 10.8 Å². The van der Waals surface area contributed by atoms with Gasteiger partial charge in [-0.15, -0.1) is 11.8 Å². The number of nitrogens with zero attached hydrogens (tertiary/aromatic N) is 1. The molecule has 1 aliphatic rings. The number of hydrogen-bond donors (Lipinski definition) is 1. The van der Waals surface area contributed by atoms with Crippen LogP contribution in [0.25, 0.3) is 0 Å². The van der Waals surface area contributed by atoms with Crippen LogP contribution in [-0.2, 0) is 14.8 Å². The van der Waals surface area contributed by atoms with E-state index in [0.29, 0.717) is 27.5 Å². The van der Waals surface area contributed by atoms with Gasteiger partial charge < -0.3 is 0 Å². The molecule has 3 aromatic carbocycles. The number of carbonyl (C=O) groups excluding carboxylic acids is 1. The van der Waals surface area contributed by atoms with E-state index in [4.69, 9.17) is 0 Å². The van der Waals surface area contributed by atoms with Crippen molar-refractivity contribution in [1.82, 2.24) is 0 Å². The summed E-state index contributed by atoms with van der Waals surface area (Å²) < 4.78 is 29.2. The third-order valence-electron chi connectivity index (χ3n) is 5.78. The maximum atomic E-state index is 13.2. The molecule has 1 saturated heterocycles. The second-order valence-corrected chi connectivity index (χ2v) is 11.4. The molecule has 0 aromatic heterocycles. The molecule has 0 radical (unpaired) electrons. The van der Waals surface area contributed by atoms with Gasteiger partial charge in [0.15, 0.2) is 0 Å². The van der Waals surface area contributed by atoms with Gasteiger partial charge in [0.2, 0.25) is 5.91 Å². The molecule has 0 bridgehead atoms. The Balaban J connectivity index is 1.67. The number of nitrogens with one attached hydrogen (secondary N) is 1. The van der Waals surface area contributed by atoms with Gasteiger partial charge in [0, 0.05) is 11.4 Å². The minimum absolute atomic E-state index is 0.0499. The lowest BCUT2D eigenvalue weighted by atomic mass is 10.1. The first-order valence-electron chi connectivity index (χ1n) is 10.8. The molecule has 0 spiro atoms. The molecule has 1 fully saturated rings. The van der Waals surface area contributed by atoms with E-state index in [1.165, 1.54) is 0 Å². The van der Waals surface area contributed by atoms with E-state index < -0.39 is 10.0 Å². The van der Waals surface area contributed by atoms with Crippen molar-refractivity contribution in [3.8, 4) is 0 Å². The molecule has 7 heteroatoms. The van der Waals surface area contributed by atoms with Crippen LogP contribution in [0.2, 0.25) is 0 Å². The van der Waals surface area contributed by atoms with Crippen LogP contribution in [0.4, 0.5) is 11.4 Å². The molecule has 3 aromatic rings. The molecule has 4 rings (SSSR count). The monoisotopic (exact) mass is 480 g/mol. The zero-order valence-corrected chi connectivity index (χ0v) is 21.1. The average Bonchev–Trinajstić information content (AvgIpc) is 3.08. The van der Waals surface area contributed by atoms with Gasteiger partial charge in [0.05, 0.1) is 10.6 Å². The molecule has 172 valence electrons. The van der Waals surface area contributed by atoms with Crippen LogP contribution in [0.1, 0.15) is 38.8 Å². The largest absolute Gasteiger partial charge is 0.295 e. The second kappa shape index (κ2) is 8.88. The molecule has 1 heterocycles. The Labute approximate surface area is 200 Å². The van der Waals surface area contributed by atoms with E-state index >= 15 is 0 Å². The summed E-state index contributed by atoms with van der Waals surface area (Å²) in [5, 5.41) is -0.216. The Morgan fingerprint density at radius 2 is 1.55 bits per heavy atom. The van der Waals surface area contributed by atoms with Crippen LogP contribution in [0.15, 0.2) is 59.5 Å². The first-order chi connectivity index (χ1) is 15.6. The Hall–Kier alpha value is -2.77. The minimum atomic E-state index is -3.76. The lowest BCUT2D eigenvalue weighted by molar-refractivity contribution is -0.115. The van der Waals surface area contributed by atoms with Crippen molar-refractivity contribution in [2.24, 2.45) is 0 Å². The first-order valence-corrected chi connectivity index (χ1v) is 13.3. The van der Waals surface area contributed by atoms with E-state index in [-0.39, 0.29) is 11.3 Å². The minimum Gasteiger partial charge on any atom is -0.295 e. The molecule has 1 unspecified atom stereocenters. The first kappa shape index (κ1) is 23.4. The lowest BCUT2D eigenvalue weighted by Gasteiger charge is -2.26. The smallest absolute Gasteiger partial charge is 0.262 e. The maximum absolute atomic E-state index is 13.2. The summed E-state index contributed by atoms with van der Waals surface area (Å²) in [5.41, 5.74) is 6.89. The number of anilines is 2. The number of carbonyl (C=O) groups is 1. The normalized spacial score (nSPS) is 16.3. The third kappa shape index (κ3) is 4.66. The van der Waals surface area contributed by atoms with E-state index in [9.17, 15) is 13.2 Å². The fraction of sp³-hybridized carbons (Fsp3) is 0.269. The molecular weight excluding hydrogens is 452 g/mol. The molecule has 33 heavy (non-hydrogen) atoms. The van der Waals surface area contributed by atoms with Crippen molar-refractivity contribution >= 4 is 39.1 Å². The van der Waals surface area contributed by atoms with Gasteiger partial charge in [-0.25, -0.2) is 8.42 Å². The zero-order valence-electron chi connectivity index (χ0n) is 19.5. The predicted molar refractivity (Wildman–Crippen MR) is 137 cm³/mol. The number of rotatable bonds is 5. The van der Waals surface area contributed by atoms with Crippen LogP contribution in [0.5, 0.6) is 0 Å². The van der Waals surface area contributed by atoms with Crippen molar-refractivity contribution in [2.45, 2.75) is 44.9 Å². The van der Waals surface area contributed by atoms with Crippen LogP contribution in [0, 0.1) is 34.6 Å². The highest BCUT2D eigenvalue weighted by atomic mass is 32.2. The second-order valence-electron chi connectivity index (χ2n) is 8.68. The molecule has 1 amide bonds. The molecule has 1 N–H and O–H groups in total. The number of aryl methyl sites for hydroxylation is 5. The van der Waals surface area contributed by atoms with E-state index in [0.717, 1.165) is 27.9 Å². The molecule has 1 atom stereocenters. The summed E-state index contributed by atoms with van der Waals surface area (Å²) in [4.78, 5) is 14.9. The molecule has 5 nitrogen and oxygen atoms in total. The standard InChI is InChI=1S/C26H28N2O3S2/c1-16-9-10-23(18(3)11-16)28-24(29)15-32-26(28)21-7-6-8-22(14-21)27-33(30,31)25-19(4)12-17(2)13-20(25)5/h6-14,26-27H,15H2,1-5H3. The van der Waals surface area contributed by atoms with Gasteiger partial charge in [-0.05, 0) is 75.1 Å². The van der Waals surface area contributed by atoms with E-state index in [1.807, 2.05) is 82.0 Å². The number of thioether (sulfide) groups is 1. The topological polar surface area (TPSA) is 66.5 Å². The summed E-state index contributed by atoms with van der Waals surface area (Å²) >= 11 is 1.55. The van der Waals surface area contributed by atoms with Crippen molar-refractivity contribution in [1.29, 1.82) is 0 Å². The fourth-order valence-corrected chi connectivity index (χ4v) is 7.22. The highest BCUT2D eigenvalue weighted by Gasteiger charge is 2.35. The highest BCUT2D eigenvalue weighted by Crippen LogP contribution is 2.43. The maximum Gasteiger partial charge on any atom is 0.262 e. The highest BCUT2D eigenvalue weighted by molar-refractivity contribution is 8.00. The third-order valence-corrected chi connectivity index (χ3v) is 8.68. The molecular formula is C26H28N2O3S2. The molecule has 0 saturated carbocycles. The van der Waals surface area contributed by atoms with Crippen LogP contribution in [0.3, 0.4) is 0 Å². The Kier molecular flexibility index (Phi) is 6.29. The van der Waals surface area contributed by atoms with Gasteiger partial charge in [-0.1, -0.05) is 47.5 Å². The number of benzene rings is 3. The van der Waals surface area contributed by atoms with E-state index in [1.54, 1.807) is 17.8 Å². The Morgan fingerprint density at radius 1 is 0.879 bits per heavy atom. The van der Waals surface area contributed by atoms with Crippen molar-refractivity contribution in [3.63, 3.8) is 0 Å². The van der Waals surface area contributed by atoms with Gasteiger partial charge in [-0.2, -0.15) is 0 Å². The summed E-state index contributed by atoms with van der Waals surface area (Å²) in [7, 11) is -3.76. The summed E-state index contributed by atoms with van der Waals surface area (Å²) in [6.45, 7) is 9.62. The average molecular weight is 481 g/mol. The van der Waals surface area contributed by atoms with Crippen LogP contribution in [-0.4, -0.2) is 20.1 Å². The van der Waals surface area contributed by atoms with Crippen LogP contribution >= 0.6 is 11.8 Å². The van der Waals surface area contributed by atoms with Gasteiger partial charge in [-0.3, -0.25) is 14.4 Å². The summed E-state index contributed by atoms with van der Waals surface area (Å²) in [5.74, 6) is 0.434. The number of amides is 1. The predicted octanol–water partition coefficient (Wildman–Crippen LogP) is 5.81. The fourth-order valence-electron chi connectivity index (χ4n) is 4.56. The van der Waals surface area contributed by atoms with Gasteiger partial charge in [0.25, 0.3) is 10.0 Å². The van der Waals surface area contributed by atoms with Gasteiger partial charge >= 0.3 is 0 Å². The Bertz CT molecular complexity index is 1330. The lowest BCUT2D eigenvalue weighted by Crippen LogP contribution is -2.28. The summed E-state index contributed by atoms with van der Waals surface area (Å²) in [6, 6.07) is 17.1. The van der Waals surface area contributed by atoms with Crippen molar-refractivity contribution in [2.75, 3.05) is 15.4 Å². The zero-order chi connectivity index (χ0) is 23.9. The summed E-state index contributed by atoms with van der Waals surface area (Å²) in [6.07, 6.45) is 0.